The van der Waals surface area contributed by atoms with Crippen molar-refractivity contribution in [3.63, 3.8) is 0 Å². The van der Waals surface area contributed by atoms with Crippen molar-refractivity contribution in [1.29, 1.82) is 0 Å². The smallest absolute Gasteiger partial charge is 0.410 e. The van der Waals surface area contributed by atoms with Crippen LogP contribution in [0.1, 0.15) is 33.6 Å². The van der Waals surface area contributed by atoms with Crippen molar-refractivity contribution in [2.45, 2.75) is 63.1 Å². The molecule has 4 atom stereocenters. The summed E-state index contributed by atoms with van der Waals surface area (Å²) in [7, 11) is 4.95. The molecule has 0 aromatic heterocycles. The quantitative estimate of drug-likeness (QED) is 0.613. The molecule has 0 aromatic rings. The number of methoxy groups -OCH3 is 1. The molecule has 8 heteroatoms. The Kier molecular flexibility index (Phi) is 7.64. The third-order valence-electron chi connectivity index (χ3n) is 4.57. The fourth-order valence-corrected chi connectivity index (χ4v) is 3.01. The first kappa shape index (κ1) is 22.1. The highest BCUT2D eigenvalue weighted by Crippen LogP contribution is 2.32. The molecule has 0 heterocycles. The van der Waals surface area contributed by atoms with E-state index in [0.717, 1.165) is 0 Å². The zero-order valence-electron chi connectivity index (χ0n) is 16.2. The van der Waals surface area contributed by atoms with Crippen LogP contribution in [0.15, 0.2) is 0 Å². The van der Waals surface area contributed by atoms with Crippen LogP contribution in [0.4, 0.5) is 4.79 Å². The van der Waals surface area contributed by atoms with Crippen molar-refractivity contribution in [3.05, 3.63) is 0 Å². The van der Waals surface area contributed by atoms with Crippen LogP contribution in [0.2, 0.25) is 0 Å². The van der Waals surface area contributed by atoms with E-state index in [1.807, 2.05) is 0 Å². The van der Waals surface area contributed by atoms with Crippen LogP contribution >= 0.6 is 0 Å². The Morgan fingerprint density at radius 1 is 1.20 bits per heavy atom. The van der Waals surface area contributed by atoms with Gasteiger partial charge < -0.3 is 34.6 Å². The van der Waals surface area contributed by atoms with Crippen molar-refractivity contribution in [2.75, 3.05) is 40.9 Å². The van der Waals surface area contributed by atoms with Crippen molar-refractivity contribution < 1.29 is 29.6 Å². The topological polar surface area (TPSA) is 103 Å². The van der Waals surface area contributed by atoms with Gasteiger partial charge in [-0.25, -0.2) is 4.79 Å². The summed E-state index contributed by atoms with van der Waals surface area (Å²) in [6.45, 7) is 6.50. The molecular formula is C17H34N2O6. The molecule has 0 aliphatic heterocycles. The highest BCUT2D eigenvalue weighted by molar-refractivity contribution is 5.68. The average Bonchev–Trinajstić information content (AvgIpc) is 2.48. The minimum Gasteiger partial charge on any atom is -0.444 e. The number of hydrogen-bond acceptors (Lipinski definition) is 7. The van der Waals surface area contributed by atoms with Crippen LogP contribution in [-0.4, -0.2) is 102 Å². The number of nitrogens with zero attached hydrogens (tertiary/aromatic N) is 2. The first-order valence-electron chi connectivity index (χ1n) is 8.62. The minimum absolute atomic E-state index is 0.113. The van der Waals surface area contributed by atoms with Crippen molar-refractivity contribution in [2.24, 2.45) is 0 Å². The summed E-state index contributed by atoms with van der Waals surface area (Å²) >= 11 is 0. The Morgan fingerprint density at radius 3 is 2.16 bits per heavy atom. The molecule has 3 N–H and O–H groups in total. The highest BCUT2D eigenvalue weighted by atomic mass is 16.6. The second-order valence-corrected chi connectivity index (χ2v) is 7.97. The van der Waals surface area contributed by atoms with Gasteiger partial charge >= 0.3 is 6.09 Å². The number of carbonyl (C=O) groups is 1. The fraction of sp³-hybridized carbons (Fsp3) is 0.941. The van der Waals surface area contributed by atoms with E-state index in [1.165, 1.54) is 4.90 Å². The number of rotatable bonds is 6. The Morgan fingerprint density at radius 2 is 1.72 bits per heavy atom. The van der Waals surface area contributed by atoms with Gasteiger partial charge in [-0.2, -0.15) is 0 Å². The molecule has 1 amide bonds. The molecule has 1 aliphatic rings. The summed E-state index contributed by atoms with van der Waals surface area (Å²) < 4.78 is 10.3. The number of ether oxygens (including phenoxy) is 2. The fourth-order valence-electron chi connectivity index (χ4n) is 3.01. The summed E-state index contributed by atoms with van der Waals surface area (Å²) in [6, 6.07) is -0.413. The predicted octanol–water partition coefficient (Wildman–Crippen LogP) is 0.0468. The lowest BCUT2D eigenvalue weighted by molar-refractivity contribution is -0.186. The minimum atomic E-state index is -1.65. The molecule has 0 saturated heterocycles. The zero-order chi connectivity index (χ0) is 19.4. The number of amides is 1. The SMILES string of the molecule is COCCN(C)CC1(O)[C@H](O)CC(N(C)C(=O)OC(C)(C)C)C[C@@H]1O. The van der Waals surface area contributed by atoms with Crippen molar-refractivity contribution >= 4 is 6.09 Å². The number of carbonyl (C=O) groups excluding carboxylic acids is 1. The molecule has 8 nitrogen and oxygen atoms in total. The van der Waals surface area contributed by atoms with E-state index in [0.29, 0.717) is 13.2 Å². The maximum atomic E-state index is 12.2. The molecular weight excluding hydrogens is 328 g/mol. The monoisotopic (exact) mass is 362 g/mol. The van der Waals surface area contributed by atoms with Crippen molar-refractivity contribution in [1.82, 2.24) is 9.80 Å². The van der Waals surface area contributed by atoms with Crippen LogP contribution < -0.4 is 0 Å². The molecule has 148 valence electrons. The molecule has 0 radical (unpaired) electrons. The van der Waals surface area contributed by atoms with E-state index in [9.17, 15) is 20.1 Å². The van der Waals surface area contributed by atoms with Gasteiger partial charge in [0, 0.05) is 33.3 Å². The van der Waals surface area contributed by atoms with Gasteiger partial charge in [-0.05, 0) is 40.7 Å². The molecule has 0 spiro atoms. The second kappa shape index (κ2) is 8.64. The normalized spacial score (nSPS) is 30.4. The van der Waals surface area contributed by atoms with E-state index >= 15 is 0 Å². The number of aliphatic hydroxyl groups is 3. The third-order valence-corrected chi connectivity index (χ3v) is 4.57. The lowest BCUT2D eigenvalue weighted by Crippen LogP contribution is -2.64. The summed E-state index contributed by atoms with van der Waals surface area (Å²) in [5.74, 6) is 0. The Hall–Kier alpha value is -0.930. The van der Waals surface area contributed by atoms with Crippen LogP contribution in [0.5, 0.6) is 0 Å². The first-order valence-corrected chi connectivity index (χ1v) is 8.62. The van der Waals surface area contributed by atoms with E-state index in [4.69, 9.17) is 9.47 Å². The van der Waals surface area contributed by atoms with Gasteiger partial charge in [-0.1, -0.05) is 0 Å². The largest absolute Gasteiger partial charge is 0.444 e. The van der Waals surface area contributed by atoms with Gasteiger partial charge in [-0.3, -0.25) is 0 Å². The molecule has 0 bridgehead atoms. The van der Waals surface area contributed by atoms with Gasteiger partial charge in [0.05, 0.1) is 18.8 Å². The molecule has 0 aromatic carbocycles. The Balaban J connectivity index is 2.72. The summed E-state index contributed by atoms with van der Waals surface area (Å²) in [6.07, 6.45) is -2.49. The van der Waals surface area contributed by atoms with Crippen LogP contribution in [0.25, 0.3) is 0 Å². The van der Waals surface area contributed by atoms with Crippen LogP contribution in [0.3, 0.4) is 0 Å². The molecule has 1 rings (SSSR count). The lowest BCUT2D eigenvalue weighted by atomic mass is 9.76. The van der Waals surface area contributed by atoms with Crippen LogP contribution in [-0.2, 0) is 9.47 Å². The zero-order valence-corrected chi connectivity index (χ0v) is 16.2. The van der Waals surface area contributed by atoms with E-state index < -0.39 is 35.5 Å². The summed E-state index contributed by atoms with van der Waals surface area (Å²) in [5, 5.41) is 31.7. The van der Waals surface area contributed by atoms with Gasteiger partial charge in [0.15, 0.2) is 0 Å². The maximum absolute atomic E-state index is 12.2. The van der Waals surface area contributed by atoms with Crippen LogP contribution in [0, 0.1) is 0 Å². The highest BCUT2D eigenvalue weighted by Gasteiger charge is 2.50. The Labute approximate surface area is 150 Å². The van der Waals surface area contributed by atoms with E-state index in [-0.39, 0.29) is 19.4 Å². The molecule has 2 unspecified atom stereocenters. The Bertz CT molecular complexity index is 427. The first-order chi connectivity index (χ1) is 11.4. The third kappa shape index (κ3) is 6.07. The van der Waals surface area contributed by atoms with Gasteiger partial charge in [0.2, 0.25) is 0 Å². The maximum Gasteiger partial charge on any atom is 0.410 e. The summed E-state index contributed by atoms with van der Waals surface area (Å²) in [4.78, 5) is 15.4. The second-order valence-electron chi connectivity index (χ2n) is 7.97. The van der Waals surface area contributed by atoms with Crippen molar-refractivity contribution in [3.8, 4) is 0 Å². The predicted molar refractivity (Wildman–Crippen MR) is 93.4 cm³/mol. The summed E-state index contributed by atoms with van der Waals surface area (Å²) in [5.41, 5.74) is -2.27. The lowest BCUT2D eigenvalue weighted by Gasteiger charge is -2.47. The molecule has 1 fully saturated rings. The van der Waals surface area contributed by atoms with Gasteiger partial charge in [0.25, 0.3) is 0 Å². The molecule has 1 saturated carbocycles. The number of likely N-dealkylation sites (N-methyl/N-ethyl adjacent to an activating group) is 1. The van der Waals surface area contributed by atoms with E-state index in [1.54, 1.807) is 46.9 Å². The molecule has 1 aliphatic carbocycles. The van der Waals surface area contributed by atoms with E-state index in [2.05, 4.69) is 0 Å². The van der Waals surface area contributed by atoms with Gasteiger partial charge in [-0.15, -0.1) is 0 Å². The number of aliphatic hydroxyl groups excluding tert-OH is 2. The standard InChI is InChI=1S/C17H34N2O6/c1-16(2,3)25-15(22)19(5)12-9-13(20)17(23,14(21)10-12)11-18(4)7-8-24-6/h12-14,20-21,23H,7-11H2,1-6H3/t12?,13-,14+,17?. The van der Waals surface area contributed by atoms with Gasteiger partial charge in [0.1, 0.15) is 11.2 Å². The number of hydrogen-bond donors (Lipinski definition) is 3. The molecule has 25 heavy (non-hydrogen) atoms. The average molecular weight is 362 g/mol.